The van der Waals surface area contributed by atoms with Crippen LogP contribution in [0.15, 0.2) is 16.8 Å². The standard InChI is InChI=1S/C11H13Cl2NO2S/c1-10(16,7-2-3-17-5-7)6-14-9(15)8-4-11(8,12)13/h2-3,5,8,16H,4,6H2,1H3,(H,14,15)/t8-,10+/m0/s1. The number of rotatable bonds is 4. The van der Waals surface area contributed by atoms with Crippen molar-refractivity contribution < 1.29 is 9.90 Å². The molecule has 1 aromatic rings. The first kappa shape index (κ1) is 13.1. The van der Waals surface area contributed by atoms with Crippen molar-refractivity contribution in [2.75, 3.05) is 6.54 Å². The molecule has 1 amide bonds. The number of carbonyl (C=O) groups excluding carboxylic acids is 1. The smallest absolute Gasteiger partial charge is 0.226 e. The minimum absolute atomic E-state index is 0.156. The normalized spacial score (nSPS) is 25.1. The molecule has 17 heavy (non-hydrogen) atoms. The molecule has 0 radical (unpaired) electrons. The van der Waals surface area contributed by atoms with Crippen LogP contribution in [0.25, 0.3) is 0 Å². The fraction of sp³-hybridized carbons (Fsp3) is 0.545. The first-order chi connectivity index (χ1) is 7.83. The Kier molecular flexibility index (Phi) is 3.42. The molecule has 0 bridgehead atoms. The molecule has 1 heterocycles. The van der Waals surface area contributed by atoms with Gasteiger partial charge in [0, 0.05) is 0 Å². The number of hydrogen-bond donors (Lipinski definition) is 2. The molecule has 0 aromatic carbocycles. The van der Waals surface area contributed by atoms with Crippen molar-refractivity contribution in [2.45, 2.75) is 23.3 Å². The lowest BCUT2D eigenvalue weighted by atomic mass is 9.99. The van der Waals surface area contributed by atoms with Gasteiger partial charge in [-0.3, -0.25) is 4.79 Å². The van der Waals surface area contributed by atoms with Crippen molar-refractivity contribution in [1.29, 1.82) is 0 Å². The summed E-state index contributed by atoms with van der Waals surface area (Å²) in [7, 11) is 0. The molecule has 0 aliphatic heterocycles. The van der Waals surface area contributed by atoms with Gasteiger partial charge < -0.3 is 10.4 Å². The number of hydrogen-bond acceptors (Lipinski definition) is 3. The number of halogens is 2. The maximum atomic E-state index is 11.6. The van der Waals surface area contributed by atoms with Crippen molar-refractivity contribution in [1.82, 2.24) is 5.32 Å². The van der Waals surface area contributed by atoms with E-state index in [-0.39, 0.29) is 18.4 Å². The molecule has 94 valence electrons. The van der Waals surface area contributed by atoms with Crippen LogP contribution in [0.2, 0.25) is 0 Å². The summed E-state index contributed by atoms with van der Waals surface area (Å²) >= 11 is 13.1. The van der Waals surface area contributed by atoms with Crippen LogP contribution < -0.4 is 5.32 Å². The molecule has 1 saturated carbocycles. The molecule has 1 aliphatic carbocycles. The van der Waals surface area contributed by atoms with Gasteiger partial charge in [-0.05, 0) is 35.7 Å². The van der Waals surface area contributed by atoms with Gasteiger partial charge in [0.25, 0.3) is 0 Å². The predicted octanol–water partition coefficient (Wildman–Crippen LogP) is 2.27. The first-order valence-corrected chi connectivity index (χ1v) is 6.93. The highest BCUT2D eigenvalue weighted by Gasteiger charge is 2.56. The summed E-state index contributed by atoms with van der Waals surface area (Å²) in [6, 6.07) is 1.83. The van der Waals surface area contributed by atoms with Crippen molar-refractivity contribution in [3.05, 3.63) is 22.4 Å². The molecule has 2 atom stereocenters. The van der Waals surface area contributed by atoms with Gasteiger partial charge in [0.2, 0.25) is 5.91 Å². The van der Waals surface area contributed by atoms with Crippen LogP contribution >= 0.6 is 34.5 Å². The summed E-state index contributed by atoms with van der Waals surface area (Å²) in [6.07, 6.45) is 0.475. The van der Waals surface area contributed by atoms with Crippen LogP contribution in [0.4, 0.5) is 0 Å². The molecule has 6 heteroatoms. The molecule has 0 saturated heterocycles. The van der Waals surface area contributed by atoms with Crippen LogP contribution in [0, 0.1) is 5.92 Å². The molecule has 1 fully saturated rings. The molecule has 3 nitrogen and oxygen atoms in total. The summed E-state index contributed by atoms with van der Waals surface area (Å²) in [5, 5.41) is 16.6. The van der Waals surface area contributed by atoms with Gasteiger partial charge in [-0.15, -0.1) is 23.2 Å². The maximum absolute atomic E-state index is 11.6. The third-order valence-corrected chi connectivity index (χ3v) is 4.41. The fourth-order valence-corrected chi connectivity index (χ4v) is 2.84. The molecular formula is C11H13Cl2NO2S. The van der Waals surface area contributed by atoms with Crippen molar-refractivity contribution in [3.63, 3.8) is 0 Å². The maximum Gasteiger partial charge on any atom is 0.226 e. The third kappa shape index (κ3) is 2.94. The van der Waals surface area contributed by atoms with E-state index in [0.29, 0.717) is 6.42 Å². The topological polar surface area (TPSA) is 49.3 Å². The van der Waals surface area contributed by atoms with E-state index in [2.05, 4.69) is 5.32 Å². The van der Waals surface area contributed by atoms with Crippen molar-refractivity contribution >= 4 is 40.4 Å². The zero-order valence-corrected chi connectivity index (χ0v) is 11.6. The number of amides is 1. The van der Waals surface area contributed by atoms with E-state index in [1.54, 1.807) is 6.92 Å². The zero-order valence-electron chi connectivity index (χ0n) is 9.24. The monoisotopic (exact) mass is 293 g/mol. The summed E-state index contributed by atoms with van der Waals surface area (Å²) in [4.78, 5) is 11.6. The third-order valence-electron chi connectivity index (χ3n) is 2.89. The lowest BCUT2D eigenvalue weighted by molar-refractivity contribution is -0.123. The van der Waals surface area contributed by atoms with E-state index >= 15 is 0 Å². The van der Waals surface area contributed by atoms with Gasteiger partial charge in [0.05, 0.1) is 12.5 Å². The summed E-state index contributed by atoms with van der Waals surface area (Å²) < 4.78 is -0.918. The highest BCUT2D eigenvalue weighted by Crippen LogP contribution is 2.53. The molecule has 0 spiro atoms. The van der Waals surface area contributed by atoms with Gasteiger partial charge in [-0.2, -0.15) is 11.3 Å². The van der Waals surface area contributed by atoms with Crippen molar-refractivity contribution in [2.24, 2.45) is 5.92 Å². The van der Waals surface area contributed by atoms with Crippen LogP contribution in [-0.2, 0) is 10.4 Å². The van der Waals surface area contributed by atoms with E-state index < -0.39 is 9.93 Å². The summed E-state index contributed by atoms with van der Waals surface area (Å²) in [5.74, 6) is -0.561. The van der Waals surface area contributed by atoms with E-state index in [4.69, 9.17) is 23.2 Å². The highest BCUT2D eigenvalue weighted by atomic mass is 35.5. The summed E-state index contributed by atoms with van der Waals surface area (Å²) in [6.45, 7) is 1.82. The second-order valence-corrected chi connectivity index (χ2v) is 6.84. The molecule has 1 aliphatic rings. The van der Waals surface area contributed by atoms with E-state index in [0.717, 1.165) is 5.56 Å². The van der Waals surface area contributed by atoms with Gasteiger partial charge in [-0.25, -0.2) is 0 Å². The Morgan fingerprint density at radius 2 is 2.41 bits per heavy atom. The van der Waals surface area contributed by atoms with Crippen LogP contribution in [-0.4, -0.2) is 21.9 Å². The second kappa shape index (κ2) is 4.43. The Hall–Kier alpha value is -0.290. The summed E-state index contributed by atoms with van der Waals surface area (Å²) in [5.41, 5.74) is -0.271. The lowest BCUT2D eigenvalue weighted by Gasteiger charge is -2.22. The van der Waals surface area contributed by atoms with Gasteiger partial charge in [-0.1, -0.05) is 0 Å². The molecule has 2 N–H and O–H groups in total. The van der Waals surface area contributed by atoms with Crippen LogP contribution in [0.3, 0.4) is 0 Å². The lowest BCUT2D eigenvalue weighted by Crippen LogP contribution is -2.39. The van der Waals surface area contributed by atoms with Crippen LogP contribution in [0.1, 0.15) is 18.9 Å². The Morgan fingerprint density at radius 3 is 2.88 bits per heavy atom. The average Bonchev–Trinajstić information content (AvgIpc) is 2.73. The minimum atomic E-state index is -1.06. The van der Waals surface area contributed by atoms with Gasteiger partial charge >= 0.3 is 0 Å². The average molecular weight is 294 g/mol. The van der Waals surface area contributed by atoms with Crippen LogP contribution in [0.5, 0.6) is 0 Å². The molecule has 2 rings (SSSR count). The van der Waals surface area contributed by atoms with E-state index in [1.807, 2.05) is 16.8 Å². The quantitative estimate of drug-likeness (QED) is 0.837. The van der Waals surface area contributed by atoms with E-state index in [9.17, 15) is 9.90 Å². The molecule has 1 aromatic heterocycles. The van der Waals surface area contributed by atoms with Crippen molar-refractivity contribution in [3.8, 4) is 0 Å². The van der Waals surface area contributed by atoms with Gasteiger partial charge in [0.15, 0.2) is 0 Å². The SMILES string of the molecule is C[C@@](O)(CNC(=O)[C@@H]1CC1(Cl)Cl)c1ccsc1. The number of carbonyl (C=O) groups is 1. The Morgan fingerprint density at radius 1 is 1.76 bits per heavy atom. The fourth-order valence-electron chi connectivity index (χ4n) is 1.55. The Labute approximate surface area is 114 Å². The number of thiophene rings is 1. The first-order valence-electron chi connectivity index (χ1n) is 5.23. The second-order valence-electron chi connectivity index (χ2n) is 4.52. The highest BCUT2D eigenvalue weighted by molar-refractivity contribution is 7.08. The Balaban J connectivity index is 1.88. The largest absolute Gasteiger partial charge is 0.384 e. The van der Waals surface area contributed by atoms with E-state index in [1.165, 1.54) is 11.3 Å². The number of nitrogens with one attached hydrogen (secondary N) is 1. The predicted molar refractivity (Wildman–Crippen MR) is 69.4 cm³/mol. The molecular weight excluding hydrogens is 281 g/mol. The minimum Gasteiger partial charge on any atom is -0.384 e. The molecule has 0 unspecified atom stereocenters. The number of alkyl halides is 2. The Bertz CT molecular complexity index is 417. The number of aliphatic hydroxyl groups is 1. The zero-order chi connectivity index (χ0) is 12.7. The van der Waals surface area contributed by atoms with Gasteiger partial charge in [0.1, 0.15) is 9.93 Å².